The number of aryl methyl sites for hydroxylation is 2. The van der Waals surface area contributed by atoms with E-state index in [-0.39, 0.29) is 5.56 Å². The van der Waals surface area contributed by atoms with Crippen LogP contribution in [0.3, 0.4) is 0 Å². The molecule has 20 heavy (non-hydrogen) atoms. The van der Waals surface area contributed by atoms with Crippen molar-refractivity contribution in [2.24, 2.45) is 0 Å². The smallest absolute Gasteiger partial charge is 0.311 e. The number of fused-ring (bicyclic) bond motifs is 3. The van der Waals surface area contributed by atoms with Crippen molar-refractivity contribution in [1.29, 1.82) is 0 Å². The van der Waals surface area contributed by atoms with Gasteiger partial charge in [0.25, 0.3) is 5.56 Å². The highest BCUT2D eigenvalue weighted by Gasteiger charge is 2.34. The van der Waals surface area contributed by atoms with Gasteiger partial charge in [-0.15, -0.1) is 11.3 Å². The van der Waals surface area contributed by atoms with Gasteiger partial charge in [0.15, 0.2) is 0 Å². The fourth-order valence-electron chi connectivity index (χ4n) is 2.80. The fraction of sp³-hybridized carbons (Fsp3) is 0.500. The molecular formula is C14H16N2O3S. The van der Waals surface area contributed by atoms with Crippen LogP contribution in [0.2, 0.25) is 0 Å². The molecule has 1 atom stereocenters. The number of carbonyl (C=O) groups is 1. The van der Waals surface area contributed by atoms with Gasteiger partial charge in [0.05, 0.1) is 17.6 Å². The van der Waals surface area contributed by atoms with E-state index < -0.39 is 11.9 Å². The number of rotatable bonds is 4. The number of thiophene rings is 1. The molecule has 0 bridgehead atoms. The van der Waals surface area contributed by atoms with E-state index in [0.29, 0.717) is 23.2 Å². The molecule has 1 N–H and O–H groups in total. The van der Waals surface area contributed by atoms with Gasteiger partial charge in [-0.3, -0.25) is 14.2 Å². The highest BCUT2D eigenvalue weighted by Crippen LogP contribution is 2.41. The maximum Gasteiger partial charge on any atom is 0.311 e. The number of carboxylic acid groups (broad SMARTS) is 1. The van der Waals surface area contributed by atoms with Crippen molar-refractivity contribution in [1.82, 2.24) is 9.55 Å². The van der Waals surface area contributed by atoms with E-state index in [4.69, 9.17) is 0 Å². The first-order valence-electron chi connectivity index (χ1n) is 6.87. The van der Waals surface area contributed by atoms with Crippen LogP contribution >= 0.6 is 11.3 Å². The first kappa shape index (κ1) is 13.3. The minimum atomic E-state index is -0.841. The number of unbranched alkanes of at least 4 members (excludes halogenated alkanes) is 1. The molecule has 3 rings (SSSR count). The third-order valence-corrected chi connectivity index (χ3v) is 5.03. The molecule has 0 saturated carbocycles. The molecule has 2 heterocycles. The molecule has 1 unspecified atom stereocenters. The van der Waals surface area contributed by atoms with Gasteiger partial charge in [0.1, 0.15) is 4.83 Å². The summed E-state index contributed by atoms with van der Waals surface area (Å²) in [5.74, 6) is -1.39. The second-order valence-electron chi connectivity index (χ2n) is 5.15. The lowest BCUT2D eigenvalue weighted by Crippen LogP contribution is -2.21. The summed E-state index contributed by atoms with van der Waals surface area (Å²) >= 11 is 1.47. The van der Waals surface area contributed by atoms with Crippen molar-refractivity contribution < 1.29 is 9.90 Å². The minimum absolute atomic E-state index is 0.0888. The molecule has 0 radical (unpaired) electrons. The number of hydrogen-bond acceptors (Lipinski definition) is 4. The zero-order chi connectivity index (χ0) is 14.3. The van der Waals surface area contributed by atoms with Gasteiger partial charge < -0.3 is 5.11 Å². The lowest BCUT2D eigenvalue weighted by Gasteiger charge is -2.07. The summed E-state index contributed by atoms with van der Waals surface area (Å²) in [6, 6.07) is 0. The summed E-state index contributed by atoms with van der Waals surface area (Å²) in [7, 11) is 0. The third-order valence-electron chi connectivity index (χ3n) is 3.85. The maximum atomic E-state index is 12.6. The Labute approximate surface area is 119 Å². The maximum absolute atomic E-state index is 12.6. The molecule has 2 aromatic heterocycles. The Bertz CT molecular complexity index is 732. The molecule has 2 aromatic rings. The number of carboxylic acids is 1. The summed E-state index contributed by atoms with van der Waals surface area (Å²) in [6.45, 7) is 2.71. The molecule has 1 aliphatic carbocycles. The van der Waals surface area contributed by atoms with E-state index in [0.717, 1.165) is 29.7 Å². The lowest BCUT2D eigenvalue weighted by atomic mass is 10.0. The summed E-state index contributed by atoms with van der Waals surface area (Å²) < 4.78 is 1.61. The van der Waals surface area contributed by atoms with E-state index >= 15 is 0 Å². The van der Waals surface area contributed by atoms with Crippen LogP contribution in [-0.4, -0.2) is 20.6 Å². The Kier molecular flexibility index (Phi) is 3.33. The Balaban J connectivity index is 2.18. The summed E-state index contributed by atoms with van der Waals surface area (Å²) in [6.07, 6.45) is 4.84. The molecule has 0 aliphatic heterocycles. The quantitative estimate of drug-likeness (QED) is 0.939. The highest BCUT2D eigenvalue weighted by atomic mass is 32.1. The average molecular weight is 292 g/mol. The Morgan fingerprint density at radius 2 is 2.40 bits per heavy atom. The molecular weight excluding hydrogens is 276 g/mol. The van der Waals surface area contributed by atoms with Gasteiger partial charge >= 0.3 is 5.97 Å². The van der Waals surface area contributed by atoms with Crippen LogP contribution in [0, 0.1) is 0 Å². The van der Waals surface area contributed by atoms with Gasteiger partial charge in [-0.05, 0) is 24.8 Å². The average Bonchev–Trinajstić information content (AvgIpc) is 2.96. The zero-order valence-corrected chi connectivity index (χ0v) is 12.1. The van der Waals surface area contributed by atoms with Crippen LogP contribution in [-0.2, 0) is 17.8 Å². The second-order valence-corrected chi connectivity index (χ2v) is 6.23. The lowest BCUT2D eigenvalue weighted by molar-refractivity contribution is -0.138. The Morgan fingerprint density at radius 3 is 3.10 bits per heavy atom. The van der Waals surface area contributed by atoms with Gasteiger partial charge in [-0.2, -0.15) is 0 Å². The van der Waals surface area contributed by atoms with E-state index in [9.17, 15) is 14.7 Å². The molecule has 0 fully saturated rings. The summed E-state index contributed by atoms with van der Waals surface area (Å²) in [5, 5.41) is 9.85. The Morgan fingerprint density at radius 1 is 1.60 bits per heavy atom. The van der Waals surface area contributed by atoms with Gasteiger partial charge in [0.2, 0.25) is 0 Å². The predicted octanol–water partition coefficient (Wildman–Crippen LogP) is 2.37. The van der Waals surface area contributed by atoms with Crippen molar-refractivity contribution in [3.05, 3.63) is 27.1 Å². The molecule has 5 nitrogen and oxygen atoms in total. The van der Waals surface area contributed by atoms with Crippen LogP contribution in [0.15, 0.2) is 11.1 Å². The monoisotopic (exact) mass is 292 g/mol. The van der Waals surface area contributed by atoms with Gasteiger partial charge in [-0.1, -0.05) is 13.3 Å². The van der Waals surface area contributed by atoms with Gasteiger partial charge in [0, 0.05) is 11.4 Å². The molecule has 106 valence electrons. The largest absolute Gasteiger partial charge is 0.481 e. The van der Waals surface area contributed by atoms with Crippen LogP contribution in [0.4, 0.5) is 0 Å². The minimum Gasteiger partial charge on any atom is -0.481 e. The van der Waals surface area contributed by atoms with Crippen molar-refractivity contribution in [2.45, 2.75) is 45.1 Å². The first-order chi connectivity index (χ1) is 9.63. The van der Waals surface area contributed by atoms with Gasteiger partial charge in [-0.25, -0.2) is 4.98 Å². The summed E-state index contributed by atoms with van der Waals surface area (Å²) in [4.78, 5) is 29.9. The molecule has 6 heteroatoms. The highest BCUT2D eigenvalue weighted by molar-refractivity contribution is 7.18. The fourth-order valence-corrected chi connectivity index (χ4v) is 4.01. The first-order valence-corrected chi connectivity index (χ1v) is 7.68. The third kappa shape index (κ3) is 1.95. The molecule has 0 aromatic carbocycles. The normalized spacial score (nSPS) is 17.6. The number of hydrogen-bond donors (Lipinski definition) is 1. The predicted molar refractivity (Wildman–Crippen MR) is 77.5 cm³/mol. The van der Waals surface area contributed by atoms with E-state index in [1.165, 1.54) is 11.3 Å². The van der Waals surface area contributed by atoms with Crippen LogP contribution < -0.4 is 5.56 Å². The summed E-state index contributed by atoms with van der Waals surface area (Å²) in [5.41, 5.74) is 0.634. The van der Waals surface area contributed by atoms with Crippen LogP contribution in [0.5, 0.6) is 0 Å². The van der Waals surface area contributed by atoms with Crippen molar-refractivity contribution in [2.75, 3.05) is 0 Å². The molecule has 0 amide bonds. The van der Waals surface area contributed by atoms with Crippen LogP contribution in [0.1, 0.15) is 42.5 Å². The zero-order valence-electron chi connectivity index (χ0n) is 11.3. The number of nitrogens with zero attached hydrogens (tertiary/aromatic N) is 2. The molecule has 0 saturated heterocycles. The second kappa shape index (κ2) is 5.01. The number of aromatic nitrogens is 2. The SMILES string of the molecule is CCCCn1cnc2sc3c(c2c1=O)C(C(=O)O)CC3. The van der Waals surface area contributed by atoms with E-state index in [1.807, 2.05) is 0 Å². The van der Waals surface area contributed by atoms with Crippen LogP contribution in [0.25, 0.3) is 10.2 Å². The topological polar surface area (TPSA) is 72.2 Å². The standard InChI is InChI=1S/C14H16N2O3S/c1-2-3-6-16-7-15-12-11(13(16)17)10-8(14(18)19)4-5-9(10)20-12/h7-8H,2-6H2,1H3,(H,18,19). The van der Waals surface area contributed by atoms with E-state index in [2.05, 4.69) is 11.9 Å². The molecule has 1 aliphatic rings. The van der Waals surface area contributed by atoms with Crippen molar-refractivity contribution >= 4 is 27.5 Å². The molecule has 0 spiro atoms. The van der Waals surface area contributed by atoms with Crippen molar-refractivity contribution in [3.63, 3.8) is 0 Å². The number of aliphatic carboxylic acids is 1. The Hall–Kier alpha value is -1.69. The van der Waals surface area contributed by atoms with E-state index in [1.54, 1.807) is 10.9 Å². The van der Waals surface area contributed by atoms with Crippen molar-refractivity contribution in [3.8, 4) is 0 Å².